The number of rotatable bonds is 63. The second kappa shape index (κ2) is 64.6. The average molecular weight is 1130 g/mol. The van der Waals surface area contributed by atoms with Crippen molar-refractivity contribution >= 4 is 19.8 Å². The molecule has 2 atom stereocenters. The third-order valence-corrected chi connectivity index (χ3v) is 15.5. The van der Waals surface area contributed by atoms with Gasteiger partial charge < -0.3 is 20.1 Å². The molecule has 0 rings (SSSR count). The van der Waals surface area contributed by atoms with E-state index in [2.05, 4.69) is 86.8 Å². The lowest BCUT2D eigenvalue weighted by Gasteiger charge is -2.19. The number of carbonyl (C=O) groups excluding carboxylic acids is 2. The van der Waals surface area contributed by atoms with Gasteiger partial charge in [0.25, 0.3) is 0 Å². The quantitative estimate of drug-likeness (QED) is 0.0264. The van der Waals surface area contributed by atoms with Crippen molar-refractivity contribution < 1.29 is 37.6 Å². The number of unbranched alkanes of at least 4 members (excludes halogenated alkanes) is 38. The zero-order valence-corrected chi connectivity index (χ0v) is 52.5. The van der Waals surface area contributed by atoms with E-state index >= 15 is 0 Å². The Bertz CT molecular complexity index is 1520. The van der Waals surface area contributed by atoms with Gasteiger partial charge >= 0.3 is 19.8 Å². The number of hydrogen-bond donors (Lipinski definition) is 2. The highest BCUT2D eigenvalue weighted by molar-refractivity contribution is 7.47. The number of carbonyl (C=O) groups is 2. The molecule has 3 N–H and O–H groups in total. The standard InChI is InChI=1S/C69H126NO8P/c1-3-5-7-9-11-13-15-17-19-21-23-25-27-29-31-32-33-34-36-38-40-42-44-46-48-50-52-54-56-58-60-62-69(72)78-67(66-77-79(73,74)76-64-63-70)65-75-68(71)61-59-57-55-53-51-49-47-45-43-41-39-37-35-30-28-26-24-22-20-18-16-14-12-10-8-6-4-2/h15-18,21-24,27-30,67H,3-14,19-20,25-26,31-66,70H2,1-2H3,(H,73,74)/b17-15-,18-16-,23-21-,24-22-,29-27-,30-28-. The Kier molecular flexibility index (Phi) is 62.5. The number of esters is 2. The van der Waals surface area contributed by atoms with Crippen molar-refractivity contribution in [3.8, 4) is 0 Å². The van der Waals surface area contributed by atoms with Crippen molar-refractivity contribution in [2.45, 2.75) is 328 Å². The number of nitrogens with two attached hydrogens (primary N) is 1. The fraction of sp³-hybridized carbons (Fsp3) is 0.797. The van der Waals surface area contributed by atoms with Crippen molar-refractivity contribution in [1.29, 1.82) is 0 Å². The van der Waals surface area contributed by atoms with E-state index in [4.69, 9.17) is 24.3 Å². The molecular weight excluding hydrogens is 1000 g/mol. The molecule has 0 fully saturated rings. The fourth-order valence-corrected chi connectivity index (χ4v) is 10.4. The van der Waals surface area contributed by atoms with Crippen LogP contribution in [-0.2, 0) is 32.7 Å². The fourth-order valence-electron chi connectivity index (χ4n) is 9.59. The first-order valence-corrected chi connectivity index (χ1v) is 34.9. The van der Waals surface area contributed by atoms with Crippen molar-refractivity contribution in [3.63, 3.8) is 0 Å². The Labute approximate surface area is 488 Å². The maximum absolute atomic E-state index is 12.8. The molecule has 79 heavy (non-hydrogen) atoms. The summed E-state index contributed by atoms with van der Waals surface area (Å²) in [7, 11) is -4.39. The van der Waals surface area contributed by atoms with Gasteiger partial charge in [0.05, 0.1) is 13.2 Å². The van der Waals surface area contributed by atoms with Gasteiger partial charge in [0.1, 0.15) is 6.61 Å². The van der Waals surface area contributed by atoms with E-state index in [0.29, 0.717) is 6.42 Å². The highest BCUT2D eigenvalue weighted by atomic mass is 31.2. The summed E-state index contributed by atoms with van der Waals surface area (Å²) in [5.41, 5.74) is 5.40. The minimum atomic E-state index is -4.39. The van der Waals surface area contributed by atoms with Gasteiger partial charge in [-0.1, -0.05) is 292 Å². The van der Waals surface area contributed by atoms with Crippen LogP contribution in [0.3, 0.4) is 0 Å². The van der Waals surface area contributed by atoms with Crippen molar-refractivity contribution in [2.24, 2.45) is 5.73 Å². The Morgan fingerprint density at radius 3 is 0.975 bits per heavy atom. The SMILES string of the molecule is CCCCCCC/C=C\C/C=C\C/C=C\CCCCCCCCCCCCCCCCCCC(=O)OC(COC(=O)CCCCCCCCCCCCCC/C=C\C/C=C\C/C=C\CCCCCCC)COP(=O)(O)OCCN. The molecule has 10 heteroatoms. The lowest BCUT2D eigenvalue weighted by Crippen LogP contribution is -2.29. The summed E-state index contributed by atoms with van der Waals surface area (Å²) >= 11 is 0. The van der Waals surface area contributed by atoms with Crippen LogP contribution in [0.25, 0.3) is 0 Å². The third-order valence-electron chi connectivity index (χ3n) is 14.6. The second-order valence-corrected chi connectivity index (χ2v) is 23.8. The van der Waals surface area contributed by atoms with E-state index in [9.17, 15) is 19.0 Å². The summed E-state index contributed by atoms with van der Waals surface area (Å²) in [6.07, 6.45) is 84.1. The molecule has 0 aromatic heterocycles. The van der Waals surface area contributed by atoms with E-state index in [-0.39, 0.29) is 38.6 Å². The molecule has 0 aromatic carbocycles. The summed E-state index contributed by atoms with van der Waals surface area (Å²) in [6.45, 7) is 3.76. The molecule has 0 radical (unpaired) electrons. The highest BCUT2D eigenvalue weighted by Crippen LogP contribution is 2.43. The predicted molar refractivity (Wildman–Crippen MR) is 339 cm³/mol. The zero-order valence-electron chi connectivity index (χ0n) is 51.6. The summed E-state index contributed by atoms with van der Waals surface area (Å²) in [5.74, 6) is -0.819. The van der Waals surface area contributed by atoms with Crippen LogP contribution in [0.5, 0.6) is 0 Å². The summed E-state index contributed by atoms with van der Waals surface area (Å²) in [5, 5.41) is 0. The van der Waals surface area contributed by atoms with E-state index in [1.807, 2.05) is 0 Å². The summed E-state index contributed by atoms with van der Waals surface area (Å²) in [4.78, 5) is 35.3. The molecule has 0 aromatic rings. The maximum atomic E-state index is 12.8. The van der Waals surface area contributed by atoms with Crippen LogP contribution in [0.4, 0.5) is 0 Å². The van der Waals surface area contributed by atoms with Crippen LogP contribution < -0.4 is 5.73 Å². The molecule has 0 aliphatic heterocycles. The molecule has 0 saturated carbocycles. The van der Waals surface area contributed by atoms with Gasteiger partial charge in [-0.3, -0.25) is 18.6 Å². The smallest absolute Gasteiger partial charge is 0.462 e. The van der Waals surface area contributed by atoms with E-state index in [1.54, 1.807) is 0 Å². The first-order valence-electron chi connectivity index (χ1n) is 33.4. The van der Waals surface area contributed by atoms with Crippen molar-refractivity contribution in [3.05, 3.63) is 72.9 Å². The van der Waals surface area contributed by atoms with Crippen LogP contribution >= 0.6 is 7.82 Å². The van der Waals surface area contributed by atoms with Gasteiger partial charge in [0, 0.05) is 19.4 Å². The van der Waals surface area contributed by atoms with Gasteiger partial charge in [-0.15, -0.1) is 0 Å². The molecule has 0 spiro atoms. The predicted octanol–water partition coefficient (Wildman–Crippen LogP) is 21.6. The lowest BCUT2D eigenvalue weighted by molar-refractivity contribution is -0.161. The Morgan fingerprint density at radius 1 is 0.380 bits per heavy atom. The normalized spacial score (nSPS) is 13.4. The Hall–Kier alpha value is -2.55. The van der Waals surface area contributed by atoms with Crippen LogP contribution in [-0.4, -0.2) is 49.3 Å². The first-order chi connectivity index (χ1) is 38.8. The number of phosphoric acid groups is 1. The number of phosphoric ester groups is 1. The minimum absolute atomic E-state index is 0.0520. The first kappa shape index (κ1) is 76.5. The third kappa shape index (κ3) is 64.5. The molecule has 2 unspecified atom stereocenters. The monoisotopic (exact) mass is 1130 g/mol. The molecular formula is C69H126NO8P. The topological polar surface area (TPSA) is 134 Å². The van der Waals surface area contributed by atoms with Crippen LogP contribution in [0.15, 0.2) is 72.9 Å². The molecule has 460 valence electrons. The van der Waals surface area contributed by atoms with E-state index in [1.165, 1.54) is 225 Å². The number of hydrogen-bond acceptors (Lipinski definition) is 8. The molecule has 0 bridgehead atoms. The molecule has 9 nitrogen and oxygen atoms in total. The van der Waals surface area contributed by atoms with Crippen LogP contribution in [0.2, 0.25) is 0 Å². The van der Waals surface area contributed by atoms with Crippen LogP contribution in [0.1, 0.15) is 322 Å². The van der Waals surface area contributed by atoms with Gasteiger partial charge in [-0.05, 0) is 89.9 Å². The maximum Gasteiger partial charge on any atom is 0.472 e. The molecule has 0 amide bonds. The van der Waals surface area contributed by atoms with Crippen molar-refractivity contribution in [2.75, 3.05) is 26.4 Å². The van der Waals surface area contributed by atoms with Gasteiger partial charge in [0.2, 0.25) is 0 Å². The second-order valence-electron chi connectivity index (χ2n) is 22.3. The zero-order chi connectivity index (χ0) is 57.3. The largest absolute Gasteiger partial charge is 0.472 e. The molecule has 0 aliphatic carbocycles. The van der Waals surface area contributed by atoms with E-state index < -0.39 is 26.5 Å². The molecule has 0 aliphatic rings. The van der Waals surface area contributed by atoms with Gasteiger partial charge in [0.15, 0.2) is 6.10 Å². The van der Waals surface area contributed by atoms with Gasteiger partial charge in [-0.2, -0.15) is 0 Å². The lowest BCUT2D eigenvalue weighted by atomic mass is 10.0. The Morgan fingerprint density at radius 2 is 0.658 bits per heavy atom. The Balaban J connectivity index is 3.90. The summed E-state index contributed by atoms with van der Waals surface area (Å²) < 4.78 is 33.2. The minimum Gasteiger partial charge on any atom is -0.462 e. The van der Waals surface area contributed by atoms with Crippen molar-refractivity contribution in [1.82, 2.24) is 0 Å². The molecule has 0 heterocycles. The number of allylic oxidation sites excluding steroid dienone is 12. The summed E-state index contributed by atoms with van der Waals surface area (Å²) in [6, 6.07) is 0. The average Bonchev–Trinajstić information content (AvgIpc) is 3.44. The van der Waals surface area contributed by atoms with Gasteiger partial charge in [-0.25, -0.2) is 4.57 Å². The van der Waals surface area contributed by atoms with E-state index in [0.717, 1.165) is 64.2 Å². The molecule has 0 saturated heterocycles. The number of ether oxygens (including phenoxy) is 2. The van der Waals surface area contributed by atoms with Crippen LogP contribution in [0, 0.1) is 0 Å². The highest BCUT2D eigenvalue weighted by Gasteiger charge is 2.26.